The first-order chi connectivity index (χ1) is 10.1. The molecule has 0 spiro atoms. The summed E-state index contributed by atoms with van der Waals surface area (Å²) in [6.07, 6.45) is 3.45. The van der Waals surface area contributed by atoms with E-state index in [9.17, 15) is 8.42 Å². The lowest BCUT2D eigenvalue weighted by atomic mass is 10.2. The normalized spacial score (nSPS) is 17.2. The van der Waals surface area contributed by atoms with Crippen molar-refractivity contribution in [2.24, 2.45) is 0 Å². The quantitative estimate of drug-likeness (QED) is 0.858. The molecule has 3 heterocycles. The minimum absolute atomic E-state index is 0.0735. The number of nitrogens with zero attached hydrogens (tertiary/aromatic N) is 3. The maximum Gasteiger partial charge on any atom is 0.283 e. The van der Waals surface area contributed by atoms with Gasteiger partial charge < -0.3 is 8.83 Å². The number of rotatable bonds is 4. The van der Waals surface area contributed by atoms with Crippen LogP contribution in [0.4, 0.5) is 0 Å². The van der Waals surface area contributed by atoms with Gasteiger partial charge in [0.05, 0.1) is 0 Å². The van der Waals surface area contributed by atoms with Crippen LogP contribution in [0.15, 0.2) is 26.1 Å². The molecule has 0 saturated carbocycles. The average Bonchev–Trinajstić information content (AvgIpc) is 3.17. The number of furan rings is 1. The summed E-state index contributed by atoms with van der Waals surface area (Å²) in [7, 11) is -3.57. The summed E-state index contributed by atoms with van der Waals surface area (Å²) in [5, 5.41) is 7.61. The Hall–Kier alpha value is -1.67. The fraction of sp³-hybridized carbons (Fsp3) is 0.538. The van der Waals surface area contributed by atoms with Gasteiger partial charge in [-0.05, 0) is 25.0 Å². The Bertz CT molecular complexity index is 713. The van der Waals surface area contributed by atoms with Crippen LogP contribution in [-0.4, -0.2) is 36.0 Å². The molecule has 8 heteroatoms. The minimum Gasteiger partial charge on any atom is -0.438 e. The van der Waals surface area contributed by atoms with Crippen molar-refractivity contribution in [1.82, 2.24) is 14.5 Å². The predicted molar refractivity (Wildman–Crippen MR) is 74.0 cm³/mol. The lowest BCUT2D eigenvalue weighted by Crippen LogP contribution is -2.35. The molecule has 0 radical (unpaired) electrons. The average molecular weight is 311 g/mol. The van der Waals surface area contributed by atoms with E-state index in [1.165, 1.54) is 10.4 Å². The number of aromatic nitrogens is 2. The molecule has 0 atom stereocenters. The second kappa shape index (κ2) is 5.61. The van der Waals surface area contributed by atoms with Crippen molar-refractivity contribution in [1.29, 1.82) is 0 Å². The molecule has 7 nitrogen and oxygen atoms in total. The van der Waals surface area contributed by atoms with Crippen molar-refractivity contribution in [2.45, 2.75) is 37.7 Å². The molecule has 1 fully saturated rings. The molecule has 3 rings (SSSR count). The van der Waals surface area contributed by atoms with Gasteiger partial charge in [-0.2, -0.15) is 4.31 Å². The highest BCUT2D eigenvalue weighted by atomic mass is 32.2. The molecule has 0 bridgehead atoms. The van der Waals surface area contributed by atoms with Crippen LogP contribution in [0.2, 0.25) is 0 Å². The first kappa shape index (κ1) is 14.3. The highest BCUT2D eigenvalue weighted by molar-refractivity contribution is 7.89. The molecule has 0 unspecified atom stereocenters. The molecule has 2 aromatic rings. The molecule has 0 N–H and O–H groups in total. The molecular formula is C13H17N3O4S. The van der Waals surface area contributed by atoms with E-state index >= 15 is 0 Å². The number of aryl methyl sites for hydroxylation is 1. The van der Waals surface area contributed by atoms with E-state index in [0.717, 1.165) is 19.3 Å². The second-order valence-electron chi connectivity index (χ2n) is 4.94. The van der Waals surface area contributed by atoms with Crippen LogP contribution < -0.4 is 0 Å². The minimum atomic E-state index is -3.57. The van der Waals surface area contributed by atoms with Crippen molar-refractivity contribution in [3.8, 4) is 11.7 Å². The largest absolute Gasteiger partial charge is 0.438 e. The third kappa shape index (κ3) is 2.73. The van der Waals surface area contributed by atoms with E-state index in [1.807, 2.05) is 6.92 Å². The summed E-state index contributed by atoms with van der Waals surface area (Å²) in [6, 6.07) is 2.98. The molecule has 21 heavy (non-hydrogen) atoms. The van der Waals surface area contributed by atoms with Gasteiger partial charge in [0.15, 0.2) is 5.76 Å². The van der Waals surface area contributed by atoms with Gasteiger partial charge in [0, 0.05) is 19.5 Å². The zero-order valence-electron chi connectivity index (χ0n) is 11.8. The standard InChI is InChI=1S/C13H17N3O4S/c1-2-11-14-15-13(20-11)10-6-7-12(19-10)21(17,18)16-8-4-3-5-9-16/h6-7H,2-5,8-9H2,1H3. The number of hydrogen-bond donors (Lipinski definition) is 0. The molecule has 0 amide bonds. The van der Waals surface area contributed by atoms with E-state index in [1.54, 1.807) is 6.07 Å². The summed E-state index contributed by atoms with van der Waals surface area (Å²) >= 11 is 0. The smallest absolute Gasteiger partial charge is 0.283 e. The van der Waals surface area contributed by atoms with Crippen molar-refractivity contribution in [3.05, 3.63) is 18.0 Å². The molecule has 114 valence electrons. The van der Waals surface area contributed by atoms with E-state index < -0.39 is 10.0 Å². The SMILES string of the molecule is CCc1nnc(-c2ccc(S(=O)(=O)N3CCCCC3)o2)o1. The van der Waals surface area contributed by atoms with E-state index in [4.69, 9.17) is 8.83 Å². The Balaban J connectivity index is 1.86. The summed E-state index contributed by atoms with van der Waals surface area (Å²) in [4.78, 5) is 0. The lowest BCUT2D eigenvalue weighted by Gasteiger charge is -2.24. The van der Waals surface area contributed by atoms with Crippen molar-refractivity contribution in [2.75, 3.05) is 13.1 Å². The topological polar surface area (TPSA) is 89.4 Å². The fourth-order valence-corrected chi connectivity index (χ4v) is 3.73. The first-order valence-corrected chi connectivity index (χ1v) is 8.48. The monoisotopic (exact) mass is 311 g/mol. The second-order valence-corrected chi connectivity index (χ2v) is 6.81. The number of sulfonamides is 1. The van der Waals surface area contributed by atoms with Crippen molar-refractivity contribution in [3.63, 3.8) is 0 Å². The maximum absolute atomic E-state index is 12.5. The number of hydrogen-bond acceptors (Lipinski definition) is 6. The van der Waals surface area contributed by atoms with Crippen molar-refractivity contribution >= 4 is 10.0 Å². The van der Waals surface area contributed by atoms with Gasteiger partial charge in [-0.25, -0.2) is 8.42 Å². The summed E-state index contributed by atoms with van der Waals surface area (Å²) in [5.74, 6) is 0.964. The first-order valence-electron chi connectivity index (χ1n) is 7.04. The lowest BCUT2D eigenvalue weighted by molar-refractivity contribution is 0.332. The van der Waals surface area contributed by atoms with Gasteiger partial charge in [0.25, 0.3) is 15.9 Å². The van der Waals surface area contributed by atoms with Crippen LogP contribution in [0.5, 0.6) is 0 Å². The van der Waals surface area contributed by atoms with Gasteiger partial charge in [-0.1, -0.05) is 13.3 Å². The summed E-state index contributed by atoms with van der Waals surface area (Å²) in [6.45, 7) is 2.98. The van der Waals surface area contributed by atoms with Crippen LogP contribution in [0.1, 0.15) is 32.1 Å². The van der Waals surface area contributed by atoms with E-state index in [2.05, 4.69) is 10.2 Å². The molecule has 0 aliphatic carbocycles. The van der Waals surface area contributed by atoms with Gasteiger partial charge >= 0.3 is 0 Å². The molecule has 1 aliphatic rings. The molecule has 1 aliphatic heterocycles. The van der Waals surface area contributed by atoms with Gasteiger partial charge in [0.2, 0.25) is 11.0 Å². The van der Waals surface area contributed by atoms with E-state index in [-0.39, 0.29) is 16.7 Å². The third-order valence-electron chi connectivity index (χ3n) is 3.47. The van der Waals surface area contributed by atoms with Crippen LogP contribution in [0.25, 0.3) is 11.7 Å². The summed E-state index contributed by atoms with van der Waals surface area (Å²) in [5.41, 5.74) is 0. The van der Waals surface area contributed by atoms with Gasteiger partial charge in [-0.3, -0.25) is 0 Å². The Morgan fingerprint density at radius 2 is 1.90 bits per heavy atom. The van der Waals surface area contributed by atoms with Crippen LogP contribution in [0.3, 0.4) is 0 Å². The Kier molecular flexibility index (Phi) is 3.81. The Labute approximate surface area is 123 Å². The van der Waals surface area contributed by atoms with Gasteiger partial charge in [0.1, 0.15) is 0 Å². The van der Waals surface area contributed by atoms with Gasteiger partial charge in [-0.15, -0.1) is 10.2 Å². The Morgan fingerprint density at radius 1 is 1.14 bits per heavy atom. The molecule has 2 aromatic heterocycles. The highest BCUT2D eigenvalue weighted by Crippen LogP contribution is 2.27. The third-order valence-corrected chi connectivity index (χ3v) is 5.24. The van der Waals surface area contributed by atoms with Crippen molar-refractivity contribution < 1.29 is 17.3 Å². The van der Waals surface area contributed by atoms with Crippen LogP contribution in [0, 0.1) is 0 Å². The zero-order valence-corrected chi connectivity index (χ0v) is 12.6. The molecular weight excluding hydrogens is 294 g/mol. The zero-order chi connectivity index (χ0) is 14.9. The number of piperidine rings is 1. The van der Waals surface area contributed by atoms with Crippen LogP contribution in [-0.2, 0) is 16.4 Å². The predicted octanol–water partition coefficient (Wildman–Crippen LogP) is 2.07. The van der Waals surface area contributed by atoms with Crippen LogP contribution >= 0.6 is 0 Å². The maximum atomic E-state index is 12.5. The highest BCUT2D eigenvalue weighted by Gasteiger charge is 2.29. The van der Waals surface area contributed by atoms with E-state index in [0.29, 0.717) is 25.4 Å². The molecule has 1 saturated heterocycles. The fourth-order valence-electron chi connectivity index (χ4n) is 2.30. The summed E-state index contributed by atoms with van der Waals surface area (Å²) < 4.78 is 37.2. The molecule has 0 aromatic carbocycles. The Morgan fingerprint density at radius 3 is 2.57 bits per heavy atom.